The number of carbonyl (C=O) groups is 2. The van der Waals surface area contributed by atoms with E-state index in [9.17, 15) is 18.4 Å². The van der Waals surface area contributed by atoms with Gasteiger partial charge in [0.05, 0.1) is 21.8 Å². The van der Waals surface area contributed by atoms with E-state index in [1.807, 2.05) is 17.3 Å². The van der Waals surface area contributed by atoms with Crippen molar-refractivity contribution in [1.29, 1.82) is 0 Å². The number of aromatic nitrogens is 2. The minimum Gasteiger partial charge on any atom is -0.359 e. The molecule has 2 N–H and O–H groups in total. The SMILES string of the molecule is CNC(=O)CC1C[C@@H](c2ccc(F)c(F)c2)[C@H](NC(=O)c2cc(-c3c(Cl)cnn3C)cs2)CN1C. The van der Waals surface area contributed by atoms with E-state index < -0.39 is 11.6 Å². The molecular weight excluding hydrogens is 496 g/mol. The van der Waals surface area contributed by atoms with Crippen LogP contribution >= 0.6 is 22.9 Å². The maximum absolute atomic E-state index is 14.1. The monoisotopic (exact) mass is 521 g/mol. The minimum atomic E-state index is -0.940. The van der Waals surface area contributed by atoms with Crippen LogP contribution in [0, 0.1) is 11.6 Å². The molecule has 0 bridgehead atoms. The Kier molecular flexibility index (Phi) is 7.53. The third-order valence-electron chi connectivity index (χ3n) is 6.50. The van der Waals surface area contributed by atoms with Crippen molar-refractivity contribution in [1.82, 2.24) is 25.3 Å². The molecule has 1 aliphatic rings. The number of amides is 2. The molecule has 186 valence electrons. The molecular formula is C24H26ClF2N5O2S. The minimum absolute atomic E-state index is 0.103. The van der Waals surface area contributed by atoms with Crippen molar-refractivity contribution < 1.29 is 18.4 Å². The molecule has 0 radical (unpaired) electrons. The second-order valence-corrected chi connectivity index (χ2v) is 10.0. The molecule has 11 heteroatoms. The lowest BCUT2D eigenvalue weighted by atomic mass is 9.80. The van der Waals surface area contributed by atoms with Gasteiger partial charge in [-0.05, 0) is 37.2 Å². The number of carbonyl (C=O) groups excluding carboxylic acids is 2. The molecule has 0 spiro atoms. The number of likely N-dealkylation sites (tertiary alicyclic amines) is 1. The molecule has 3 aromatic rings. The van der Waals surface area contributed by atoms with E-state index in [0.29, 0.717) is 28.4 Å². The smallest absolute Gasteiger partial charge is 0.261 e. The predicted octanol–water partition coefficient (Wildman–Crippen LogP) is 3.80. The quantitative estimate of drug-likeness (QED) is 0.517. The fourth-order valence-electron chi connectivity index (χ4n) is 4.59. The van der Waals surface area contributed by atoms with Crippen LogP contribution < -0.4 is 10.6 Å². The Morgan fingerprint density at radius 2 is 2.00 bits per heavy atom. The number of halogens is 3. The highest BCUT2D eigenvalue weighted by molar-refractivity contribution is 7.12. The molecule has 2 aromatic heterocycles. The fraction of sp³-hybridized carbons (Fsp3) is 0.375. The Morgan fingerprint density at radius 3 is 2.66 bits per heavy atom. The maximum Gasteiger partial charge on any atom is 0.261 e. The molecule has 0 saturated carbocycles. The molecule has 1 aromatic carbocycles. The highest BCUT2D eigenvalue weighted by atomic mass is 35.5. The summed E-state index contributed by atoms with van der Waals surface area (Å²) in [6, 6.07) is 5.09. The van der Waals surface area contributed by atoms with Gasteiger partial charge in [-0.1, -0.05) is 17.7 Å². The molecule has 2 amide bonds. The molecule has 1 fully saturated rings. The Bertz CT molecular complexity index is 1230. The number of piperidine rings is 1. The number of hydrogen-bond acceptors (Lipinski definition) is 5. The Balaban J connectivity index is 1.58. The molecule has 1 unspecified atom stereocenters. The average molecular weight is 522 g/mol. The van der Waals surface area contributed by atoms with Gasteiger partial charge in [-0.3, -0.25) is 14.3 Å². The van der Waals surface area contributed by atoms with Crippen molar-refractivity contribution in [2.45, 2.75) is 30.8 Å². The largest absolute Gasteiger partial charge is 0.359 e. The van der Waals surface area contributed by atoms with Gasteiger partial charge in [-0.15, -0.1) is 11.3 Å². The molecule has 1 saturated heterocycles. The van der Waals surface area contributed by atoms with Crippen molar-refractivity contribution in [3.05, 3.63) is 62.9 Å². The summed E-state index contributed by atoms with van der Waals surface area (Å²) >= 11 is 7.53. The summed E-state index contributed by atoms with van der Waals surface area (Å²) in [7, 11) is 5.25. The topological polar surface area (TPSA) is 79.3 Å². The average Bonchev–Trinajstić information content (AvgIpc) is 3.43. The van der Waals surface area contributed by atoms with Gasteiger partial charge in [0, 0.05) is 56.0 Å². The number of likely N-dealkylation sites (N-methyl/N-ethyl adjacent to an activating group) is 1. The zero-order valence-corrected chi connectivity index (χ0v) is 21.1. The van der Waals surface area contributed by atoms with Crippen molar-refractivity contribution >= 4 is 34.8 Å². The fourth-order valence-corrected chi connectivity index (χ4v) is 5.66. The van der Waals surface area contributed by atoms with Gasteiger partial charge in [0.15, 0.2) is 11.6 Å². The van der Waals surface area contributed by atoms with Crippen LogP contribution in [0.2, 0.25) is 5.02 Å². The molecule has 0 aliphatic carbocycles. The number of nitrogens with zero attached hydrogens (tertiary/aromatic N) is 3. The van der Waals surface area contributed by atoms with Crippen LogP contribution in [0.1, 0.15) is 34.0 Å². The van der Waals surface area contributed by atoms with Crippen LogP contribution in [0.4, 0.5) is 8.78 Å². The zero-order valence-electron chi connectivity index (χ0n) is 19.5. The van der Waals surface area contributed by atoms with Crippen LogP contribution in [-0.2, 0) is 11.8 Å². The van der Waals surface area contributed by atoms with Gasteiger partial charge >= 0.3 is 0 Å². The lowest BCUT2D eigenvalue weighted by molar-refractivity contribution is -0.122. The summed E-state index contributed by atoms with van der Waals surface area (Å²) in [5.41, 5.74) is 2.09. The first-order valence-corrected chi connectivity index (χ1v) is 12.4. The van der Waals surface area contributed by atoms with E-state index in [0.717, 1.165) is 17.3 Å². The van der Waals surface area contributed by atoms with Gasteiger partial charge in [0.2, 0.25) is 5.91 Å². The van der Waals surface area contributed by atoms with Crippen LogP contribution in [0.5, 0.6) is 0 Å². The van der Waals surface area contributed by atoms with Crippen LogP contribution in [0.15, 0.2) is 35.8 Å². The Morgan fingerprint density at radius 1 is 1.23 bits per heavy atom. The second kappa shape index (κ2) is 10.4. The van der Waals surface area contributed by atoms with Gasteiger partial charge in [-0.2, -0.15) is 5.10 Å². The standard InChI is InChI=1S/C24H26ClF2N5O2S/c1-28-22(33)9-15-8-16(13-4-5-18(26)19(27)6-13)20(11-31(15)2)30-24(34)21-7-14(12-35-21)23-17(25)10-29-32(23)3/h4-7,10,12,15-16,20H,8-9,11H2,1-3H3,(H,28,33)(H,30,34)/t15?,16-,20+/m0/s1. The van der Waals surface area contributed by atoms with Crippen LogP contribution in [0.25, 0.3) is 11.3 Å². The number of benzene rings is 1. The number of hydrogen-bond donors (Lipinski definition) is 2. The molecule has 1 aliphatic heterocycles. The summed E-state index contributed by atoms with van der Waals surface area (Å²) < 4.78 is 29.3. The van der Waals surface area contributed by atoms with E-state index in [-0.39, 0.29) is 36.2 Å². The van der Waals surface area contributed by atoms with E-state index >= 15 is 0 Å². The highest BCUT2D eigenvalue weighted by Gasteiger charge is 2.37. The van der Waals surface area contributed by atoms with E-state index in [1.165, 1.54) is 23.5 Å². The summed E-state index contributed by atoms with van der Waals surface area (Å²) in [6.45, 7) is 0.447. The summed E-state index contributed by atoms with van der Waals surface area (Å²) in [4.78, 5) is 27.7. The van der Waals surface area contributed by atoms with E-state index in [2.05, 4.69) is 15.7 Å². The highest BCUT2D eigenvalue weighted by Crippen LogP contribution is 2.35. The predicted molar refractivity (Wildman–Crippen MR) is 132 cm³/mol. The molecule has 7 nitrogen and oxygen atoms in total. The molecule has 35 heavy (non-hydrogen) atoms. The molecule has 3 atom stereocenters. The maximum atomic E-state index is 14.1. The van der Waals surface area contributed by atoms with E-state index in [4.69, 9.17) is 11.6 Å². The first-order chi connectivity index (χ1) is 16.7. The number of aryl methyl sites for hydroxylation is 1. The summed E-state index contributed by atoms with van der Waals surface area (Å²) in [6.07, 6.45) is 2.32. The third kappa shape index (κ3) is 5.39. The Hall–Kier alpha value is -2.82. The normalized spacial score (nSPS) is 20.6. The van der Waals surface area contributed by atoms with Gasteiger partial charge in [0.25, 0.3) is 5.91 Å². The zero-order chi connectivity index (χ0) is 25.3. The lowest BCUT2D eigenvalue weighted by Crippen LogP contribution is -2.54. The summed E-state index contributed by atoms with van der Waals surface area (Å²) in [5.74, 6) is -2.54. The van der Waals surface area contributed by atoms with Gasteiger partial charge < -0.3 is 15.5 Å². The van der Waals surface area contributed by atoms with Crippen molar-refractivity contribution in [3.63, 3.8) is 0 Å². The number of rotatable bonds is 6. The van der Waals surface area contributed by atoms with E-state index in [1.54, 1.807) is 31.0 Å². The van der Waals surface area contributed by atoms with Crippen LogP contribution in [0.3, 0.4) is 0 Å². The lowest BCUT2D eigenvalue weighted by Gasteiger charge is -2.42. The first kappa shape index (κ1) is 25.3. The third-order valence-corrected chi connectivity index (χ3v) is 7.70. The van der Waals surface area contributed by atoms with Crippen LogP contribution in [-0.4, -0.2) is 59.2 Å². The number of thiophene rings is 1. The molecule has 4 rings (SSSR count). The summed E-state index contributed by atoms with van der Waals surface area (Å²) in [5, 5.41) is 12.2. The van der Waals surface area contributed by atoms with Crippen molar-refractivity contribution in [2.75, 3.05) is 20.6 Å². The van der Waals surface area contributed by atoms with Gasteiger partial charge in [-0.25, -0.2) is 8.78 Å². The molecule has 3 heterocycles. The van der Waals surface area contributed by atoms with Crippen molar-refractivity contribution in [3.8, 4) is 11.3 Å². The second-order valence-electron chi connectivity index (χ2n) is 8.73. The van der Waals surface area contributed by atoms with Gasteiger partial charge in [0.1, 0.15) is 0 Å². The Labute approximate surface area is 211 Å². The van der Waals surface area contributed by atoms with Crippen molar-refractivity contribution in [2.24, 2.45) is 7.05 Å². The number of nitrogens with one attached hydrogen (secondary N) is 2. The first-order valence-electron chi connectivity index (χ1n) is 11.1.